The summed E-state index contributed by atoms with van der Waals surface area (Å²) in [6.07, 6.45) is -2.72. The summed E-state index contributed by atoms with van der Waals surface area (Å²) < 4.78 is 131. The van der Waals surface area contributed by atoms with Crippen LogP contribution in [0.3, 0.4) is 0 Å². The monoisotopic (exact) mass is 1550 g/mol. The van der Waals surface area contributed by atoms with E-state index in [9.17, 15) is 38.4 Å². The highest BCUT2D eigenvalue weighted by Gasteiger charge is 2.39. The lowest BCUT2D eigenvalue weighted by Gasteiger charge is -2.28. The molecule has 5 rings (SSSR count). The second-order valence-corrected chi connectivity index (χ2v) is 25.9. The number of nitrogens with zero attached hydrogens (tertiary/aromatic N) is 6. The Bertz CT molecular complexity index is 3550. The number of nitrogens with one attached hydrogen (secondary N) is 9. The number of ketones is 1. The molecule has 0 spiro atoms. The molecule has 0 radical (unpaired) electrons. The van der Waals surface area contributed by atoms with E-state index in [0.717, 1.165) is 7.05 Å². The van der Waals surface area contributed by atoms with E-state index in [-0.39, 0.29) is 157 Å². The van der Waals surface area contributed by atoms with Gasteiger partial charge in [-0.3, -0.25) is 73.1 Å². The minimum atomic E-state index is -2.65. The van der Waals surface area contributed by atoms with Crippen LogP contribution in [-0.2, 0) is 43.2 Å². The summed E-state index contributed by atoms with van der Waals surface area (Å²) in [6, 6.07) is -14.2. The predicted octanol–water partition coefficient (Wildman–Crippen LogP) is -4.69. The maximum Gasteiger partial charge on any atom is 0.244 e. The SMILES string of the molecule is CNC1CSc2c(F)c(F)c(c(F)c2F)-c2c(F)c(F)c(c(F)c2F)SCC(C(=O)NC(CCCN=C(N)N)C(=O)NC(CCCN=C(N)N)C(=O)NC(CCCN=C(N)N)C(=O)NCC(=O)C(C)C)NC(=O)C(CCCN=C(N)N)NC(=O)C(CCCN=C(N)N)NC(=O)C(CCCN=C(N)N)NC1=O. The van der Waals surface area contributed by atoms with Crippen LogP contribution in [-0.4, -0.2) is 201 Å². The molecular weight excluding hydrogens is 1460 g/mol. The van der Waals surface area contributed by atoms with Crippen LogP contribution in [0.15, 0.2) is 39.7 Å². The van der Waals surface area contributed by atoms with Crippen molar-refractivity contribution < 1.29 is 78.3 Å². The first kappa shape index (κ1) is 89.8. The Balaban J connectivity index is 2.44. The molecule has 33 N–H and O–H groups in total. The highest BCUT2D eigenvalue weighted by Crippen LogP contribution is 2.42. The lowest BCUT2D eigenvalue weighted by atomic mass is 10.0. The molecule has 0 saturated heterocycles. The predicted molar refractivity (Wildman–Crippen MR) is 382 cm³/mol. The number of hydrogen-bond acceptors (Lipinski definition) is 18. The molecule has 36 nitrogen and oxygen atoms in total. The second-order valence-electron chi connectivity index (χ2n) is 23.8. The largest absolute Gasteiger partial charge is 0.370 e. The Hall–Kier alpha value is -10.4. The molecule has 0 aliphatic carbocycles. The van der Waals surface area contributed by atoms with Crippen LogP contribution >= 0.6 is 23.5 Å². The number of Topliss-reactive ketones (excluding diaryl/α,β-unsaturated/α-hetero) is 1. The molecular formula is C60H93F8N27O9S2. The Kier molecular flexibility index (Phi) is 38.2. The zero-order valence-corrected chi connectivity index (χ0v) is 59.8. The number of nitrogens with two attached hydrogens (primary N) is 12. The fourth-order valence-electron chi connectivity index (χ4n) is 9.76. The van der Waals surface area contributed by atoms with E-state index in [2.05, 4.69) is 77.8 Å². The Morgan fingerprint density at radius 3 is 1.06 bits per heavy atom. The summed E-state index contributed by atoms with van der Waals surface area (Å²) >= 11 is -0.362. The molecule has 3 aliphatic rings. The number of benzene rings is 2. The van der Waals surface area contributed by atoms with Crippen LogP contribution in [0.1, 0.15) is 90.9 Å². The number of rotatable bonds is 35. The quantitative estimate of drug-likeness (QED) is 0.0101. The third-order valence-electron chi connectivity index (χ3n) is 15.3. The molecule has 8 unspecified atom stereocenters. The molecule has 3 heterocycles. The summed E-state index contributed by atoms with van der Waals surface area (Å²) in [5.74, 6) is -34.8. The molecule has 106 heavy (non-hydrogen) atoms. The summed E-state index contributed by atoms with van der Waals surface area (Å²) in [5, 5.41) is 21.9. The van der Waals surface area contributed by atoms with Gasteiger partial charge in [0, 0.05) is 56.7 Å². The van der Waals surface area contributed by atoms with E-state index in [0.29, 0.717) is 0 Å². The van der Waals surface area contributed by atoms with E-state index in [1.807, 2.05) is 0 Å². The zero-order valence-electron chi connectivity index (χ0n) is 58.2. The van der Waals surface area contributed by atoms with Crippen LogP contribution in [0.5, 0.6) is 0 Å². The Labute approximate surface area is 611 Å². The van der Waals surface area contributed by atoms with Crippen molar-refractivity contribution in [2.75, 3.05) is 64.4 Å². The van der Waals surface area contributed by atoms with Crippen molar-refractivity contribution >= 4 is 112 Å². The molecule has 46 heteroatoms. The van der Waals surface area contributed by atoms with Gasteiger partial charge in [0.15, 0.2) is 88.1 Å². The minimum absolute atomic E-state index is 0.0395. The van der Waals surface area contributed by atoms with E-state index >= 15 is 39.9 Å². The van der Waals surface area contributed by atoms with Gasteiger partial charge in [-0.05, 0) is 84.1 Å². The number of carbonyl (C=O) groups is 9. The highest BCUT2D eigenvalue weighted by atomic mass is 32.2. The maximum atomic E-state index is 16.6. The van der Waals surface area contributed by atoms with E-state index in [1.165, 1.54) is 0 Å². The lowest BCUT2D eigenvalue weighted by Crippen LogP contribution is -2.60. The molecule has 2 aromatic rings. The number of fused-ring (bicyclic) bond motifs is 2. The number of halogens is 8. The molecule has 4 bridgehead atoms. The van der Waals surface area contributed by atoms with Gasteiger partial charge in [0.1, 0.15) is 42.3 Å². The normalized spacial score (nSPS) is 17.4. The first-order valence-electron chi connectivity index (χ1n) is 32.8. The second kappa shape index (κ2) is 45.1. The molecule has 0 saturated carbocycles. The van der Waals surface area contributed by atoms with Gasteiger partial charge in [-0.25, -0.2) is 35.1 Å². The summed E-state index contributed by atoms with van der Waals surface area (Å²) in [7, 11) is 1.15. The van der Waals surface area contributed by atoms with Crippen LogP contribution in [0, 0.1) is 52.5 Å². The minimum Gasteiger partial charge on any atom is -0.370 e. The Morgan fingerprint density at radius 1 is 0.425 bits per heavy atom. The van der Waals surface area contributed by atoms with Gasteiger partial charge in [0.25, 0.3) is 0 Å². The van der Waals surface area contributed by atoms with Crippen molar-refractivity contribution in [2.45, 2.75) is 149 Å². The number of guanidine groups is 6. The average Bonchev–Trinajstić information content (AvgIpc) is 0.751. The first-order chi connectivity index (χ1) is 49.9. The molecule has 590 valence electrons. The number of amides is 8. The van der Waals surface area contributed by atoms with Crippen molar-refractivity contribution in [1.82, 2.24) is 47.9 Å². The van der Waals surface area contributed by atoms with Crippen LogP contribution in [0.25, 0.3) is 11.1 Å². The van der Waals surface area contributed by atoms with Gasteiger partial charge in [-0.1, -0.05) is 13.8 Å². The third-order valence-corrected chi connectivity index (χ3v) is 17.6. The summed E-state index contributed by atoms with van der Waals surface area (Å²) in [4.78, 5) is 149. The Morgan fingerprint density at radius 2 is 0.726 bits per heavy atom. The average molecular weight is 1550 g/mol. The van der Waals surface area contributed by atoms with Gasteiger partial charge in [0.05, 0.1) is 33.5 Å². The molecule has 8 atom stereocenters. The molecule has 3 aliphatic heterocycles. The van der Waals surface area contributed by atoms with Crippen LogP contribution < -0.4 is 117 Å². The molecule has 2 aromatic carbocycles. The number of carbonyl (C=O) groups excluding carboxylic acids is 9. The summed E-state index contributed by atoms with van der Waals surface area (Å²) in [5.41, 5.74) is 61.7. The summed E-state index contributed by atoms with van der Waals surface area (Å²) in [6.45, 7) is 1.66. The molecule has 0 fully saturated rings. The molecule has 0 aromatic heterocycles. The lowest BCUT2D eigenvalue weighted by molar-refractivity contribution is -0.135. The van der Waals surface area contributed by atoms with Crippen molar-refractivity contribution in [1.29, 1.82) is 0 Å². The van der Waals surface area contributed by atoms with Crippen LogP contribution in [0.4, 0.5) is 35.1 Å². The van der Waals surface area contributed by atoms with Gasteiger partial charge in [0.2, 0.25) is 47.3 Å². The zero-order chi connectivity index (χ0) is 79.7. The third kappa shape index (κ3) is 29.6. The number of likely N-dealkylation sites (N-methyl/N-ethyl adjacent to an activating group) is 1. The van der Waals surface area contributed by atoms with E-state index in [1.54, 1.807) is 13.8 Å². The van der Waals surface area contributed by atoms with Crippen molar-refractivity contribution in [3.63, 3.8) is 0 Å². The number of hydrogen-bond donors (Lipinski definition) is 21. The van der Waals surface area contributed by atoms with Gasteiger partial charge in [-0.2, -0.15) is 0 Å². The number of aliphatic imine (C=N–C) groups is 6. The van der Waals surface area contributed by atoms with Gasteiger partial charge in [-0.15, -0.1) is 23.5 Å². The standard InChI is InChI=1S/C60H93F8N27O9S2/c1-25(2)34(96)22-88-47(97)26(10-4-16-82-55(69)70)89-48(98)27(11-5-17-83-56(71)72)90-51(101)30(14-8-20-86-59(77)78)94-54(104)33-24-106-46-43(67)39(63)36(40(64)44(46)68)35-37(61)41(65)45(42(66)38(35)62)105-23-32(81-3)53(103)93-29(13-7-19-85-58(75)76)50(100)91-28(12-6-18-84-57(73)74)49(99)92-31(52(102)95-33)15-9-21-87-60(79)80/h25-33,81H,4-24H2,1-3H3,(H,88,97)(H,89,98)(H,90,101)(H,91,100)(H,92,99)(H,93,103)(H,94,104)(H,95,102)(H4,69,70,82)(H4,71,72,83)(H4,73,74,84)(H4,75,76,85)(H4,77,78,86)(H4,79,80,87). The van der Waals surface area contributed by atoms with Gasteiger partial charge >= 0.3 is 0 Å². The van der Waals surface area contributed by atoms with Gasteiger partial charge < -0.3 is 117 Å². The fourth-order valence-corrected chi connectivity index (χ4v) is 11.8. The molecule has 8 amide bonds. The van der Waals surface area contributed by atoms with Crippen molar-refractivity contribution in [2.24, 2.45) is 105 Å². The maximum absolute atomic E-state index is 16.6. The smallest absolute Gasteiger partial charge is 0.244 e. The van der Waals surface area contributed by atoms with Crippen LogP contribution in [0.2, 0.25) is 0 Å². The highest BCUT2D eigenvalue weighted by molar-refractivity contribution is 7.99. The first-order valence-corrected chi connectivity index (χ1v) is 34.8. The topological polar surface area (TPSA) is 648 Å². The van der Waals surface area contributed by atoms with Crippen molar-refractivity contribution in [3.05, 3.63) is 46.5 Å². The van der Waals surface area contributed by atoms with E-state index in [4.69, 9.17) is 68.8 Å². The fraction of sp³-hybridized carbons (Fsp3) is 0.550. The number of thioether (sulfide) groups is 2. The van der Waals surface area contributed by atoms with E-state index < -0.39 is 212 Å². The van der Waals surface area contributed by atoms with Crippen molar-refractivity contribution in [3.8, 4) is 11.1 Å².